The SMILES string of the molecule is NCC(O)c1nc(-c2cccc([N+](=O)[O-])c2)no1. The topological polar surface area (TPSA) is 128 Å². The van der Waals surface area contributed by atoms with Crippen LogP contribution in [-0.4, -0.2) is 26.7 Å². The Morgan fingerprint density at radius 2 is 2.33 bits per heavy atom. The minimum Gasteiger partial charge on any atom is -0.382 e. The van der Waals surface area contributed by atoms with Crippen LogP contribution in [-0.2, 0) is 0 Å². The number of nitrogens with two attached hydrogens (primary N) is 1. The number of nitrogens with zero attached hydrogens (tertiary/aromatic N) is 3. The molecule has 0 bridgehead atoms. The van der Waals surface area contributed by atoms with Gasteiger partial charge in [0, 0.05) is 24.2 Å². The van der Waals surface area contributed by atoms with Crippen LogP contribution in [0.2, 0.25) is 0 Å². The molecule has 2 aromatic rings. The van der Waals surface area contributed by atoms with Gasteiger partial charge >= 0.3 is 0 Å². The molecule has 1 heterocycles. The molecule has 1 atom stereocenters. The van der Waals surface area contributed by atoms with E-state index in [4.69, 9.17) is 10.3 Å². The number of hydrogen-bond acceptors (Lipinski definition) is 7. The van der Waals surface area contributed by atoms with Crippen molar-refractivity contribution in [1.82, 2.24) is 10.1 Å². The number of aliphatic hydroxyl groups is 1. The lowest BCUT2D eigenvalue weighted by atomic mass is 10.2. The zero-order valence-corrected chi connectivity index (χ0v) is 9.18. The molecule has 18 heavy (non-hydrogen) atoms. The first kappa shape index (κ1) is 12.1. The Bertz CT molecular complexity index is 569. The molecule has 0 fully saturated rings. The highest BCUT2D eigenvalue weighted by atomic mass is 16.6. The molecule has 1 unspecified atom stereocenters. The molecule has 0 aliphatic rings. The molecule has 0 saturated carbocycles. The molecule has 1 aromatic carbocycles. The second kappa shape index (κ2) is 4.90. The second-order valence-electron chi connectivity index (χ2n) is 3.52. The molecule has 1 aromatic heterocycles. The number of rotatable bonds is 4. The monoisotopic (exact) mass is 250 g/mol. The maximum absolute atomic E-state index is 10.6. The first-order valence-corrected chi connectivity index (χ1v) is 5.08. The van der Waals surface area contributed by atoms with Gasteiger partial charge in [0.2, 0.25) is 5.82 Å². The minimum atomic E-state index is -1.04. The van der Waals surface area contributed by atoms with Crippen molar-refractivity contribution in [2.75, 3.05) is 6.54 Å². The van der Waals surface area contributed by atoms with Gasteiger partial charge in [0.15, 0.2) is 0 Å². The van der Waals surface area contributed by atoms with E-state index in [0.717, 1.165) is 0 Å². The third-order valence-electron chi connectivity index (χ3n) is 2.27. The summed E-state index contributed by atoms with van der Waals surface area (Å²) in [5, 5.41) is 23.7. The molecular formula is C10H10N4O4. The Morgan fingerprint density at radius 1 is 1.56 bits per heavy atom. The second-order valence-corrected chi connectivity index (χ2v) is 3.52. The van der Waals surface area contributed by atoms with Gasteiger partial charge in [-0.3, -0.25) is 10.1 Å². The zero-order chi connectivity index (χ0) is 13.1. The quantitative estimate of drug-likeness (QED) is 0.601. The molecule has 2 rings (SSSR count). The Balaban J connectivity index is 2.34. The standard InChI is InChI=1S/C10H10N4O4/c11-5-8(15)10-12-9(13-18-10)6-2-1-3-7(4-6)14(16)17/h1-4,8,15H,5,11H2. The van der Waals surface area contributed by atoms with Gasteiger partial charge in [-0.1, -0.05) is 17.3 Å². The van der Waals surface area contributed by atoms with E-state index in [1.807, 2.05) is 0 Å². The zero-order valence-electron chi connectivity index (χ0n) is 9.18. The van der Waals surface area contributed by atoms with Crippen LogP contribution in [0.1, 0.15) is 12.0 Å². The first-order chi connectivity index (χ1) is 8.61. The summed E-state index contributed by atoms with van der Waals surface area (Å²) in [6.07, 6.45) is -1.04. The highest BCUT2D eigenvalue weighted by Gasteiger charge is 2.16. The Hall–Kier alpha value is -2.32. The molecule has 0 spiro atoms. The molecular weight excluding hydrogens is 240 g/mol. The van der Waals surface area contributed by atoms with Crippen LogP contribution < -0.4 is 5.73 Å². The van der Waals surface area contributed by atoms with Crippen LogP contribution in [0, 0.1) is 10.1 Å². The first-order valence-electron chi connectivity index (χ1n) is 5.08. The van der Waals surface area contributed by atoms with Gasteiger partial charge < -0.3 is 15.4 Å². The van der Waals surface area contributed by atoms with Crippen LogP contribution in [0.5, 0.6) is 0 Å². The van der Waals surface area contributed by atoms with E-state index >= 15 is 0 Å². The number of aromatic nitrogens is 2. The van der Waals surface area contributed by atoms with Crippen molar-refractivity contribution in [1.29, 1.82) is 0 Å². The Morgan fingerprint density at radius 3 is 3.00 bits per heavy atom. The van der Waals surface area contributed by atoms with E-state index in [1.165, 1.54) is 18.2 Å². The lowest BCUT2D eigenvalue weighted by molar-refractivity contribution is -0.384. The smallest absolute Gasteiger partial charge is 0.270 e. The van der Waals surface area contributed by atoms with E-state index in [0.29, 0.717) is 5.56 Å². The van der Waals surface area contributed by atoms with E-state index in [-0.39, 0.29) is 23.9 Å². The van der Waals surface area contributed by atoms with Gasteiger partial charge in [-0.2, -0.15) is 4.98 Å². The molecule has 0 amide bonds. The fourth-order valence-electron chi connectivity index (χ4n) is 1.35. The Kier molecular flexibility index (Phi) is 3.31. The summed E-state index contributed by atoms with van der Waals surface area (Å²) < 4.78 is 4.81. The third kappa shape index (κ3) is 2.34. The molecule has 8 nitrogen and oxygen atoms in total. The van der Waals surface area contributed by atoms with Crippen LogP contribution >= 0.6 is 0 Å². The summed E-state index contributed by atoms with van der Waals surface area (Å²) in [7, 11) is 0. The number of non-ortho nitro benzene ring substituents is 1. The summed E-state index contributed by atoms with van der Waals surface area (Å²) in [4.78, 5) is 14.0. The number of nitro groups is 1. The number of hydrogen-bond donors (Lipinski definition) is 2. The van der Waals surface area contributed by atoms with E-state index in [1.54, 1.807) is 6.07 Å². The van der Waals surface area contributed by atoms with Crippen molar-refractivity contribution in [3.8, 4) is 11.4 Å². The van der Waals surface area contributed by atoms with Gasteiger partial charge in [-0.25, -0.2) is 0 Å². The maximum atomic E-state index is 10.6. The number of nitro benzene ring substituents is 1. The number of benzene rings is 1. The predicted molar refractivity (Wildman–Crippen MR) is 60.4 cm³/mol. The van der Waals surface area contributed by atoms with Gasteiger partial charge in [-0.05, 0) is 0 Å². The highest BCUT2D eigenvalue weighted by molar-refractivity contribution is 5.58. The lowest BCUT2D eigenvalue weighted by Gasteiger charge is -1.98. The van der Waals surface area contributed by atoms with Gasteiger partial charge in [0.1, 0.15) is 6.10 Å². The van der Waals surface area contributed by atoms with E-state index in [2.05, 4.69) is 10.1 Å². The molecule has 3 N–H and O–H groups in total. The van der Waals surface area contributed by atoms with Crippen LogP contribution in [0.3, 0.4) is 0 Å². The fraction of sp³-hybridized carbons (Fsp3) is 0.200. The molecule has 0 saturated heterocycles. The van der Waals surface area contributed by atoms with Gasteiger partial charge in [-0.15, -0.1) is 0 Å². The average Bonchev–Trinajstić information content (AvgIpc) is 2.87. The number of aliphatic hydroxyl groups excluding tert-OH is 1. The van der Waals surface area contributed by atoms with Crippen molar-refractivity contribution in [2.45, 2.75) is 6.10 Å². The lowest BCUT2D eigenvalue weighted by Crippen LogP contribution is -2.11. The molecule has 0 aliphatic heterocycles. The van der Waals surface area contributed by atoms with Crippen LogP contribution in [0.15, 0.2) is 28.8 Å². The molecule has 94 valence electrons. The van der Waals surface area contributed by atoms with Crippen molar-refractivity contribution >= 4 is 5.69 Å². The third-order valence-corrected chi connectivity index (χ3v) is 2.27. The fourth-order valence-corrected chi connectivity index (χ4v) is 1.35. The summed E-state index contributed by atoms with van der Waals surface area (Å²) in [6.45, 7) is -0.0451. The van der Waals surface area contributed by atoms with Gasteiger partial charge in [0.25, 0.3) is 11.6 Å². The van der Waals surface area contributed by atoms with Gasteiger partial charge in [0.05, 0.1) is 4.92 Å². The summed E-state index contributed by atoms with van der Waals surface area (Å²) in [6, 6.07) is 5.81. The predicted octanol–water partition coefficient (Wildman–Crippen LogP) is 0.637. The van der Waals surface area contributed by atoms with Crippen molar-refractivity contribution < 1.29 is 14.6 Å². The largest absolute Gasteiger partial charge is 0.382 e. The summed E-state index contributed by atoms with van der Waals surface area (Å²) in [5.74, 6) is 0.153. The minimum absolute atomic E-state index is 0.0148. The summed E-state index contributed by atoms with van der Waals surface area (Å²) >= 11 is 0. The van der Waals surface area contributed by atoms with E-state index in [9.17, 15) is 15.2 Å². The maximum Gasteiger partial charge on any atom is 0.270 e. The van der Waals surface area contributed by atoms with Crippen molar-refractivity contribution in [3.63, 3.8) is 0 Å². The normalized spacial score (nSPS) is 12.3. The highest BCUT2D eigenvalue weighted by Crippen LogP contribution is 2.22. The van der Waals surface area contributed by atoms with Crippen molar-refractivity contribution in [2.24, 2.45) is 5.73 Å². The Labute approximate surface area is 101 Å². The molecule has 0 radical (unpaired) electrons. The summed E-state index contributed by atoms with van der Waals surface area (Å²) in [5.41, 5.74) is 5.61. The van der Waals surface area contributed by atoms with E-state index < -0.39 is 11.0 Å². The molecule has 0 aliphatic carbocycles. The average molecular weight is 250 g/mol. The molecule has 8 heteroatoms. The van der Waals surface area contributed by atoms with Crippen LogP contribution in [0.4, 0.5) is 5.69 Å². The van der Waals surface area contributed by atoms with Crippen molar-refractivity contribution in [3.05, 3.63) is 40.3 Å². The van der Waals surface area contributed by atoms with Crippen LogP contribution in [0.25, 0.3) is 11.4 Å².